The Morgan fingerprint density at radius 3 is 2.30 bits per heavy atom. The SMILES string of the molecule is Cc1ccnc(NC(=O)CC(NC(=O)c2ccccc2)c2ccccc2)c1. The summed E-state index contributed by atoms with van der Waals surface area (Å²) in [6.45, 7) is 1.93. The lowest BCUT2D eigenvalue weighted by Crippen LogP contribution is -2.31. The van der Waals surface area contributed by atoms with E-state index in [1.165, 1.54) is 0 Å². The molecule has 1 unspecified atom stereocenters. The van der Waals surface area contributed by atoms with Crippen molar-refractivity contribution in [1.82, 2.24) is 10.3 Å². The Balaban J connectivity index is 1.74. The molecule has 1 atom stereocenters. The van der Waals surface area contributed by atoms with Gasteiger partial charge in [0.25, 0.3) is 5.91 Å². The van der Waals surface area contributed by atoms with Gasteiger partial charge < -0.3 is 10.6 Å². The minimum Gasteiger partial charge on any atom is -0.345 e. The van der Waals surface area contributed by atoms with Crippen LogP contribution in [0.1, 0.15) is 33.9 Å². The first-order valence-electron chi connectivity index (χ1n) is 8.75. The summed E-state index contributed by atoms with van der Waals surface area (Å²) in [4.78, 5) is 29.2. The molecular weight excluding hydrogens is 338 g/mol. The molecule has 2 N–H and O–H groups in total. The molecule has 2 amide bonds. The Morgan fingerprint density at radius 1 is 0.963 bits per heavy atom. The largest absolute Gasteiger partial charge is 0.345 e. The molecule has 0 radical (unpaired) electrons. The number of carbonyl (C=O) groups excluding carboxylic acids is 2. The van der Waals surface area contributed by atoms with E-state index in [1.54, 1.807) is 24.4 Å². The average Bonchev–Trinajstić information content (AvgIpc) is 2.69. The third-order valence-corrected chi connectivity index (χ3v) is 4.12. The molecule has 0 bridgehead atoms. The highest BCUT2D eigenvalue weighted by molar-refractivity contribution is 5.95. The molecule has 3 rings (SSSR count). The van der Waals surface area contributed by atoms with Crippen LogP contribution in [0, 0.1) is 6.92 Å². The predicted molar refractivity (Wildman–Crippen MR) is 105 cm³/mol. The molecule has 0 aliphatic heterocycles. The molecule has 0 fully saturated rings. The molecule has 136 valence electrons. The molecule has 0 aliphatic carbocycles. The van der Waals surface area contributed by atoms with Gasteiger partial charge in [-0.3, -0.25) is 9.59 Å². The van der Waals surface area contributed by atoms with Gasteiger partial charge >= 0.3 is 0 Å². The van der Waals surface area contributed by atoms with Crippen molar-refractivity contribution in [3.8, 4) is 0 Å². The van der Waals surface area contributed by atoms with Crippen molar-refractivity contribution in [2.24, 2.45) is 0 Å². The van der Waals surface area contributed by atoms with Gasteiger partial charge in [0.05, 0.1) is 12.5 Å². The first-order chi connectivity index (χ1) is 13.1. The average molecular weight is 359 g/mol. The normalized spacial score (nSPS) is 11.4. The van der Waals surface area contributed by atoms with E-state index < -0.39 is 6.04 Å². The number of amides is 2. The third kappa shape index (κ3) is 5.25. The van der Waals surface area contributed by atoms with Crippen molar-refractivity contribution < 1.29 is 9.59 Å². The summed E-state index contributed by atoms with van der Waals surface area (Å²) in [5, 5.41) is 5.75. The summed E-state index contributed by atoms with van der Waals surface area (Å²) < 4.78 is 0. The van der Waals surface area contributed by atoms with Crippen LogP contribution in [-0.4, -0.2) is 16.8 Å². The molecular formula is C22H21N3O2. The molecule has 0 saturated heterocycles. The molecule has 0 saturated carbocycles. The zero-order chi connectivity index (χ0) is 19.1. The number of aryl methyl sites for hydroxylation is 1. The van der Waals surface area contributed by atoms with Crippen LogP contribution in [-0.2, 0) is 4.79 Å². The van der Waals surface area contributed by atoms with Crippen LogP contribution >= 0.6 is 0 Å². The van der Waals surface area contributed by atoms with Crippen LogP contribution in [0.2, 0.25) is 0 Å². The van der Waals surface area contributed by atoms with Crippen LogP contribution < -0.4 is 10.6 Å². The van der Waals surface area contributed by atoms with Crippen LogP contribution in [0.15, 0.2) is 79.0 Å². The van der Waals surface area contributed by atoms with Gasteiger partial charge in [0.15, 0.2) is 0 Å². The Kier molecular flexibility index (Phi) is 5.94. The topological polar surface area (TPSA) is 71.1 Å². The van der Waals surface area contributed by atoms with Crippen molar-refractivity contribution >= 4 is 17.6 Å². The van der Waals surface area contributed by atoms with Gasteiger partial charge in [0, 0.05) is 11.8 Å². The van der Waals surface area contributed by atoms with Crippen LogP contribution in [0.5, 0.6) is 0 Å². The molecule has 0 spiro atoms. The summed E-state index contributed by atoms with van der Waals surface area (Å²) >= 11 is 0. The Labute approximate surface area is 158 Å². The highest BCUT2D eigenvalue weighted by atomic mass is 16.2. The summed E-state index contributed by atoms with van der Waals surface area (Å²) in [6, 6.07) is 21.7. The smallest absolute Gasteiger partial charge is 0.251 e. The number of hydrogen-bond acceptors (Lipinski definition) is 3. The van der Waals surface area contributed by atoms with Crippen molar-refractivity contribution in [2.75, 3.05) is 5.32 Å². The second kappa shape index (κ2) is 8.76. The first kappa shape index (κ1) is 18.3. The number of aromatic nitrogens is 1. The van der Waals surface area contributed by atoms with Gasteiger partial charge in [-0.15, -0.1) is 0 Å². The number of pyridine rings is 1. The minimum absolute atomic E-state index is 0.109. The monoisotopic (exact) mass is 359 g/mol. The van der Waals surface area contributed by atoms with E-state index >= 15 is 0 Å². The van der Waals surface area contributed by atoms with Crippen molar-refractivity contribution in [3.05, 3.63) is 95.7 Å². The molecule has 1 heterocycles. The second-order valence-electron chi connectivity index (χ2n) is 6.27. The Hall–Kier alpha value is -3.47. The lowest BCUT2D eigenvalue weighted by Gasteiger charge is -2.19. The standard InChI is InChI=1S/C22H21N3O2/c1-16-12-13-23-20(14-16)25-21(26)15-19(17-8-4-2-5-9-17)24-22(27)18-10-6-3-7-11-18/h2-14,19H,15H2,1H3,(H,24,27)(H,23,25,26). The molecule has 5 heteroatoms. The van der Waals surface area contributed by atoms with E-state index in [9.17, 15) is 9.59 Å². The van der Waals surface area contributed by atoms with Crippen molar-refractivity contribution in [3.63, 3.8) is 0 Å². The molecule has 3 aromatic rings. The van der Waals surface area contributed by atoms with Crippen molar-refractivity contribution in [2.45, 2.75) is 19.4 Å². The zero-order valence-corrected chi connectivity index (χ0v) is 15.1. The highest BCUT2D eigenvalue weighted by Gasteiger charge is 2.19. The number of nitrogens with one attached hydrogen (secondary N) is 2. The number of benzene rings is 2. The van der Waals surface area contributed by atoms with E-state index in [1.807, 2.05) is 61.5 Å². The van der Waals surface area contributed by atoms with Gasteiger partial charge in [-0.2, -0.15) is 0 Å². The molecule has 5 nitrogen and oxygen atoms in total. The zero-order valence-electron chi connectivity index (χ0n) is 15.1. The van der Waals surface area contributed by atoms with Gasteiger partial charge in [-0.25, -0.2) is 4.98 Å². The molecule has 0 aliphatic rings. The van der Waals surface area contributed by atoms with E-state index in [2.05, 4.69) is 15.6 Å². The van der Waals surface area contributed by atoms with Gasteiger partial charge in [0.1, 0.15) is 5.82 Å². The lowest BCUT2D eigenvalue weighted by atomic mass is 10.0. The number of hydrogen-bond donors (Lipinski definition) is 2. The first-order valence-corrected chi connectivity index (χ1v) is 8.75. The number of nitrogens with zero attached hydrogens (tertiary/aromatic N) is 1. The molecule has 27 heavy (non-hydrogen) atoms. The summed E-state index contributed by atoms with van der Waals surface area (Å²) in [6.07, 6.45) is 1.76. The molecule has 1 aromatic heterocycles. The maximum absolute atomic E-state index is 12.6. The fourth-order valence-corrected chi connectivity index (χ4v) is 2.75. The minimum atomic E-state index is -0.441. The quantitative estimate of drug-likeness (QED) is 0.701. The van der Waals surface area contributed by atoms with Gasteiger partial charge in [-0.05, 0) is 42.3 Å². The maximum Gasteiger partial charge on any atom is 0.251 e. The van der Waals surface area contributed by atoms with E-state index in [0.717, 1.165) is 11.1 Å². The fourth-order valence-electron chi connectivity index (χ4n) is 2.75. The van der Waals surface area contributed by atoms with Crippen LogP contribution in [0.4, 0.5) is 5.82 Å². The summed E-state index contributed by atoms with van der Waals surface area (Å²) in [5.41, 5.74) is 2.44. The predicted octanol–water partition coefficient (Wildman–Crippen LogP) is 3.89. The van der Waals surface area contributed by atoms with E-state index in [-0.39, 0.29) is 18.2 Å². The molecule has 2 aromatic carbocycles. The fraction of sp³-hybridized carbons (Fsp3) is 0.136. The summed E-state index contributed by atoms with van der Waals surface area (Å²) in [5.74, 6) is 0.0717. The Bertz CT molecular complexity index is 911. The van der Waals surface area contributed by atoms with Crippen LogP contribution in [0.3, 0.4) is 0 Å². The van der Waals surface area contributed by atoms with Crippen LogP contribution in [0.25, 0.3) is 0 Å². The van der Waals surface area contributed by atoms with Gasteiger partial charge in [-0.1, -0.05) is 48.5 Å². The number of rotatable bonds is 6. The lowest BCUT2D eigenvalue weighted by molar-refractivity contribution is -0.116. The third-order valence-electron chi connectivity index (χ3n) is 4.12. The van der Waals surface area contributed by atoms with Gasteiger partial charge in [0.2, 0.25) is 5.91 Å². The second-order valence-corrected chi connectivity index (χ2v) is 6.27. The highest BCUT2D eigenvalue weighted by Crippen LogP contribution is 2.18. The van der Waals surface area contributed by atoms with Crippen molar-refractivity contribution in [1.29, 1.82) is 0 Å². The Morgan fingerprint density at radius 2 is 1.63 bits per heavy atom. The van der Waals surface area contributed by atoms with E-state index in [0.29, 0.717) is 11.4 Å². The number of anilines is 1. The number of carbonyl (C=O) groups is 2. The van der Waals surface area contributed by atoms with E-state index in [4.69, 9.17) is 0 Å². The maximum atomic E-state index is 12.6. The summed E-state index contributed by atoms with van der Waals surface area (Å²) in [7, 11) is 0.